The lowest BCUT2D eigenvalue weighted by Crippen LogP contribution is -2.28. The zero-order valence-corrected chi connectivity index (χ0v) is 19.9. The number of anilines is 2. The van der Waals surface area contributed by atoms with E-state index in [1.807, 2.05) is 44.2 Å². The van der Waals surface area contributed by atoms with Gasteiger partial charge in [-0.1, -0.05) is 30.3 Å². The van der Waals surface area contributed by atoms with Gasteiger partial charge in [0.05, 0.1) is 28.9 Å². The summed E-state index contributed by atoms with van der Waals surface area (Å²) in [6.45, 7) is 5.73. The Morgan fingerprint density at radius 1 is 1.03 bits per heavy atom. The first-order valence-corrected chi connectivity index (χ1v) is 11.6. The van der Waals surface area contributed by atoms with Crippen LogP contribution in [0.1, 0.15) is 27.7 Å². The number of ether oxygens (including phenoxy) is 1. The maximum absolute atomic E-state index is 13.1. The number of hydrogen-bond acceptors (Lipinski definition) is 6. The molecule has 0 atom stereocenters. The van der Waals surface area contributed by atoms with E-state index in [4.69, 9.17) is 4.74 Å². The third-order valence-electron chi connectivity index (χ3n) is 5.29. The normalized spacial score (nSPS) is 10.8. The summed E-state index contributed by atoms with van der Waals surface area (Å²) in [7, 11) is 0. The lowest BCUT2D eigenvalue weighted by molar-refractivity contribution is -0.116. The first-order valence-electron chi connectivity index (χ1n) is 10.8. The molecule has 0 fully saturated rings. The standard InChI is InChI=1S/C25H24N4O4S/c1-4-33-19-12-8-7-11-18(19)27-20(30)13-29-14-26-24-21(25(29)32)16(3)22(34-24)23(31)28-17-10-6-5-9-15(17)2/h5-12,14H,4,13H2,1-3H3,(H,27,30)(H,28,31). The smallest absolute Gasteiger partial charge is 0.266 e. The Balaban J connectivity index is 1.58. The van der Waals surface area contributed by atoms with E-state index in [2.05, 4.69) is 15.6 Å². The third-order valence-corrected chi connectivity index (χ3v) is 6.49. The summed E-state index contributed by atoms with van der Waals surface area (Å²) in [6, 6.07) is 14.6. The molecule has 2 heterocycles. The number of carbonyl (C=O) groups excluding carboxylic acids is 2. The number of fused-ring (bicyclic) bond motifs is 1. The molecule has 8 nitrogen and oxygen atoms in total. The van der Waals surface area contributed by atoms with E-state index in [1.165, 1.54) is 10.9 Å². The number of nitrogens with one attached hydrogen (secondary N) is 2. The molecule has 34 heavy (non-hydrogen) atoms. The average Bonchev–Trinajstić information content (AvgIpc) is 3.16. The first-order chi connectivity index (χ1) is 16.4. The Labute approximate surface area is 200 Å². The van der Waals surface area contributed by atoms with E-state index < -0.39 is 0 Å². The summed E-state index contributed by atoms with van der Waals surface area (Å²) >= 11 is 1.16. The SMILES string of the molecule is CCOc1ccccc1NC(=O)Cn1cnc2sc(C(=O)Nc3ccccc3C)c(C)c2c1=O. The van der Waals surface area contributed by atoms with Crippen LogP contribution in [0.5, 0.6) is 5.75 Å². The number of thiophene rings is 1. The topological polar surface area (TPSA) is 102 Å². The monoisotopic (exact) mass is 476 g/mol. The van der Waals surface area contributed by atoms with Gasteiger partial charge in [-0.3, -0.25) is 19.0 Å². The van der Waals surface area contributed by atoms with Crippen molar-refractivity contribution in [3.05, 3.63) is 81.2 Å². The number of aryl methyl sites for hydroxylation is 2. The lowest BCUT2D eigenvalue weighted by Gasteiger charge is -2.11. The number of hydrogen-bond donors (Lipinski definition) is 2. The van der Waals surface area contributed by atoms with Crippen LogP contribution < -0.4 is 20.9 Å². The van der Waals surface area contributed by atoms with Gasteiger partial charge >= 0.3 is 0 Å². The summed E-state index contributed by atoms with van der Waals surface area (Å²) in [4.78, 5) is 43.9. The quantitative estimate of drug-likeness (QED) is 0.413. The van der Waals surface area contributed by atoms with Crippen molar-refractivity contribution >= 4 is 44.7 Å². The number of nitrogens with zero attached hydrogens (tertiary/aromatic N) is 2. The zero-order valence-electron chi connectivity index (χ0n) is 19.0. The number of benzene rings is 2. The van der Waals surface area contributed by atoms with E-state index >= 15 is 0 Å². The molecule has 0 aliphatic heterocycles. The Morgan fingerprint density at radius 2 is 1.74 bits per heavy atom. The summed E-state index contributed by atoms with van der Waals surface area (Å²) in [5.41, 5.74) is 2.34. The molecule has 4 rings (SSSR count). The summed E-state index contributed by atoms with van der Waals surface area (Å²) in [5.74, 6) is -0.135. The van der Waals surface area contributed by atoms with E-state index in [9.17, 15) is 14.4 Å². The average molecular weight is 477 g/mol. The van der Waals surface area contributed by atoms with Crippen LogP contribution in [0.25, 0.3) is 10.2 Å². The van der Waals surface area contributed by atoms with Crippen molar-refractivity contribution in [3.63, 3.8) is 0 Å². The molecule has 2 aromatic carbocycles. The number of aromatic nitrogens is 2. The van der Waals surface area contributed by atoms with E-state index in [-0.39, 0.29) is 23.9 Å². The molecule has 2 aromatic heterocycles. The van der Waals surface area contributed by atoms with Gasteiger partial charge < -0.3 is 15.4 Å². The maximum Gasteiger partial charge on any atom is 0.266 e. The minimum Gasteiger partial charge on any atom is -0.492 e. The molecule has 9 heteroatoms. The van der Waals surface area contributed by atoms with Crippen LogP contribution in [-0.4, -0.2) is 28.0 Å². The highest BCUT2D eigenvalue weighted by atomic mass is 32.1. The highest BCUT2D eigenvalue weighted by molar-refractivity contribution is 7.20. The van der Waals surface area contributed by atoms with Crippen molar-refractivity contribution in [2.24, 2.45) is 0 Å². The summed E-state index contributed by atoms with van der Waals surface area (Å²) in [6.07, 6.45) is 1.33. The van der Waals surface area contributed by atoms with Crippen LogP contribution in [-0.2, 0) is 11.3 Å². The summed E-state index contributed by atoms with van der Waals surface area (Å²) < 4.78 is 6.77. The van der Waals surface area contributed by atoms with Crippen LogP contribution in [0.3, 0.4) is 0 Å². The molecule has 0 spiro atoms. The van der Waals surface area contributed by atoms with E-state index in [0.717, 1.165) is 16.9 Å². The van der Waals surface area contributed by atoms with Crippen molar-refractivity contribution in [1.82, 2.24) is 9.55 Å². The van der Waals surface area contributed by atoms with Gasteiger partial charge in [0.2, 0.25) is 5.91 Å². The molecule has 0 aliphatic carbocycles. The highest BCUT2D eigenvalue weighted by Crippen LogP contribution is 2.28. The van der Waals surface area contributed by atoms with Crippen molar-refractivity contribution in [2.45, 2.75) is 27.3 Å². The molecule has 0 saturated heterocycles. The second-order valence-electron chi connectivity index (χ2n) is 7.66. The van der Waals surface area contributed by atoms with E-state index in [1.54, 1.807) is 25.1 Å². The van der Waals surface area contributed by atoms with Crippen molar-refractivity contribution in [3.8, 4) is 5.75 Å². The molecule has 0 saturated carbocycles. The molecule has 0 unspecified atom stereocenters. The summed E-state index contributed by atoms with van der Waals surface area (Å²) in [5, 5.41) is 6.01. The van der Waals surface area contributed by atoms with Crippen LogP contribution in [0, 0.1) is 13.8 Å². The second-order valence-corrected chi connectivity index (χ2v) is 8.66. The molecular weight excluding hydrogens is 452 g/mol. The number of rotatable bonds is 7. The maximum atomic E-state index is 13.1. The van der Waals surface area contributed by atoms with Gasteiger partial charge in [-0.15, -0.1) is 11.3 Å². The fourth-order valence-corrected chi connectivity index (χ4v) is 4.61. The Bertz CT molecular complexity index is 1440. The molecule has 0 aliphatic rings. The van der Waals surface area contributed by atoms with Crippen LogP contribution in [0.15, 0.2) is 59.7 Å². The molecule has 4 aromatic rings. The van der Waals surface area contributed by atoms with Crippen molar-refractivity contribution in [2.75, 3.05) is 17.2 Å². The number of para-hydroxylation sites is 3. The molecular formula is C25H24N4O4S. The second kappa shape index (κ2) is 9.88. The fourth-order valence-electron chi connectivity index (χ4n) is 3.58. The van der Waals surface area contributed by atoms with Crippen molar-refractivity contribution in [1.29, 1.82) is 0 Å². The van der Waals surface area contributed by atoms with Gasteiger partial charge in [0.1, 0.15) is 17.1 Å². The van der Waals surface area contributed by atoms with Crippen LogP contribution in [0.2, 0.25) is 0 Å². The molecule has 2 N–H and O–H groups in total. The predicted molar refractivity (Wildman–Crippen MR) is 134 cm³/mol. The van der Waals surface area contributed by atoms with E-state index in [0.29, 0.717) is 44.4 Å². The molecule has 2 amide bonds. The van der Waals surface area contributed by atoms with Gasteiger partial charge in [0, 0.05) is 5.69 Å². The minimum atomic E-state index is -0.388. The molecule has 0 bridgehead atoms. The van der Waals surface area contributed by atoms with Gasteiger partial charge in [-0.2, -0.15) is 0 Å². The van der Waals surface area contributed by atoms with Crippen LogP contribution in [0.4, 0.5) is 11.4 Å². The first kappa shape index (κ1) is 23.2. The highest BCUT2D eigenvalue weighted by Gasteiger charge is 2.20. The van der Waals surface area contributed by atoms with Gasteiger partial charge in [0.25, 0.3) is 11.5 Å². The van der Waals surface area contributed by atoms with Gasteiger partial charge in [-0.25, -0.2) is 4.98 Å². The lowest BCUT2D eigenvalue weighted by atomic mass is 10.2. The van der Waals surface area contributed by atoms with Gasteiger partial charge in [0.15, 0.2) is 0 Å². The minimum absolute atomic E-state index is 0.220. The molecule has 0 radical (unpaired) electrons. The Kier molecular flexibility index (Phi) is 6.74. The zero-order chi connectivity index (χ0) is 24.2. The van der Waals surface area contributed by atoms with Crippen molar-refractivity contribution < 1.29 is 14.3 Å². The number of carbonyl (C=O) groups is 2. The number of amides is 2. The molecule has 174 valence electrons. The van der Waals surface area contributed by atoms with Crippen LogP contribution >= 0.6 is 11.3 Å². The largest absolute Gasteiger partial charge is 0.492 e. The Morgan fingerprint density at radius 3 is 2.47 bits per heavy atom. The van der Waals surface area contributed by atoms with Gasteiger partial charge in [-0.05, 0) is 50.1 Å². The fraction of sp³-hybridized carbons (Fsp3) is 0.200. The Hall–Kier alpha value is -3.98. The predicted octanol–water partition coefficient (Wildman–Crippen LogP) is 4.36. The third kappa shape index (κ3) is 4.69.